The van der Waals surface area contributed by atoms with E-state index >= 15 is 0 Å². The Hall–Kier alpha value is -3.95. The van der Waals surface area contributed by atoms with Crippen molar-refractivity contribution in [2.24, 2.45) is 0 Å². The molecule has 1 aromatic heterocycles. The SMILES string of the molecule is CC(=O)OC[C@@H](OC(C)=O)[C@@H](OC(C)=O)[C@H](OC(C)=O)c1cn(-c2ccc(C)cc2)c(=[Se])n1-c1ccc(C)cc1. The van der Waals surface area contributed by atoms with Gasteiger partial charge in [0.25, 0.3) is 0 Å². The van der Waals surface area contributed by atoms with Gasteiger partial charge in [0, 0.05) is 0 Å². The Morgan fingerprint density at radius 3 is 1.70 bits per heavy atom. The van der Waals surface area contributed by atoms with Crippen molar-refractivity contribution in [1.82, 2.24) is 9.13 Å². The Morgan fingerprint density at radius 2 is 1.23 bits per heavy atom. The number of carbonyl (C=O) groups is 4. The maximum absolute atomic E-state index is 12.4. The van der Waals surface area contributed by atoms with Gasteiger partial charge in [-0.25, -0.2) is 0 Å². The zero-order chi connectivity index (χ0) is 29.6. The maximum atomic E-state index is 12.4. The normalized spacial score (nSPS) is 13.1. The van der Waals surface area contributed by atoms with Crippen LogP contribution in [0.4, 0.5) is 0 Å². The second kappa shape index (κ2) is 13.4. The summed E-state index contributed by atoms with van der Waals surface area (Å²) in [5, 5.41) is 0. The van der Waals surface area contributed by atoms with E-state index in [-0.39, 0.29) is 0 Å². The fourth-order valence-corrected chi connectivity index (χ4v) is 4.89. The van der Waals surface area contributed by atoms with Crippen LogP contribution in [0.15, 0.2) is 54.7 Å². The zero-order valence-electron chi connectivity index (χ0n) is 23.2. The first-order valence-corrected chi connectivity index (χ1v) is 13.4. The third kappa shape index (κ3) is 7.80. The number of imidazole rings is 1. The van der Waals surface area contributed by atoms with Crippen molar-refractivity contribution < 1.29 is 38.1 Å². The standard InChI is InChI=1S/C29H32N2O8Se/c1-17-7-11-23(12-8-17)30-15-25(31(29(30)40)24-13-9-18(2)10-14-24)27(38-21(5)34)28(39-22(6)35)26(37-20(4)33)16-36-19(3)32/h7-15,26-28H,16H2,1-6H3/t26-,27-,28-/m1/s1. The van der Waals surface area contributed by atoms with Gasteiger partial charge in [-0.1, -0.05) is 0 Å². The molecule has 0 aliphatic rings. The quantitative estimate of drug-likeness (QED) is 0.193. The molecule has 0 fully saturated rings. The number of hydrogen-bond donors (Lipinski definition) is 0. The van der Waals surface area contributed by atoms with Gasteiger partial charge >= 0.3 is 240 Å². The van der Waals surface area contributed by atoms with Gasteiger partial charge in [0.1, 0.15) is 0 Å². The van der Waals surface area contributed by atoms with Crippen LogP contribution < -0.4 is 0 Å². The van der Waals surface area contributed by atoms with Crippen LogP contribution in [-0.2, 0) is 38.1 Å². The van der Waals surface area contributed by atoms with Gasteiger partial charge in [0.2, 0.25) is 0 Å². The molecule has 3 rings (SSSR count). The zero-order valence-corrected chi connectivity index (χ0v) is 24.9. The number of hydrogen-bond acceptors (Lipinski definition) is 8. The van der Waals surface area contributed by atoms with Crippen molar-refractivity contribution in [3.63, 3.8) is 0 Å². The van der Waals surface area contributed by atoms with E-state index in [2.05, 4.69) is 15.6 Å². The molecule has 0 unspecified atom stereocenters. The molecule has 3 aromatic rings. The molecule has 3 atom stereocenters. The summed E-state index contributed by atoms with van der Waals surface area (Å²) in [4.78, 5) is 48.4. The number of rotatable bonds is 10. The van der Waals surface area contributed by atoms with Crippen molar-refractivity contribution in [3.8, 4) is 11.4 Å². The molecular formula is C29H32N2O8Se. The molecule has 0 aliphatic carbocycles. The van der Waals surface area contributed by atoms with E-state index in [1.165, 1.54) is 27.7 Å². The third-order valence-corrected chi connectivity index (χ3v) is 6.64. The van der Waals surface area contributed by atoms with Gasteiger partial charge in [0.05, 0.1) is 0 Å². The second-order valence-electron chi connectivity index (χ2n) is 9.27. The van der Waals surface area contributed by atoms with Crippen LogP contribution in [0.25, 0.3) is 11.4 Å². The molecule has 0 saturated heterocycles. The van der Waals surface area contributed by atoms with Gasteiger partial charge in [0.15, 0.2) is 0 Å². The Labute approximate surface area is 240 Å². The molecule has 2 aromatic carbocycles. The monoisotopic (exact) mass is 616 g/mol. The van der Waals surface area contributed by atoms with E-state index in [0.29, 0.717) is 10.0 Å². The molecule has 40 heavy (non-hydrogen) atoms. The van der Waals surface area contributed by atoms with Crippen molar-refractivity contribution >= 4 is 39.5 Å². The first-order valence-electron chi connectivity index (χ1n) is 12.5. The molecule has 0 N–H and O–H groups in total. The molecule has 11 heteroatoms. The number of aromatic nitrogens is 2. The Morgan fingerprint density at radius 1 is 0.725 bits per heavy atom. The van der Waals surface area contributed by atoms with E-state index in [0.717, 1.165) is 22.5 Å². The van der Waals surface area contributed by atoms with Crippen molar-refractivity contribution in [3.05, 3.63) is 75.9 Å². The minimum atomic E-state index is -1.37. The summed E-state index contributed by atoms with van der Waals surface area (Å²) >= 11 is 3.10. The number of benzene rings is 2. The minimum absolute atomic E-state index is 0.402. The van der Waals surface area contributed by atoms with E-state index in [1.54, 1.807) is 6.20 Å². The van der Waals surface area contributed by atoms with E-state index < -0.39 is 48.8 Å². The predicted octanol–water partition coefficient (Wildman–Crippen LogP) is 3.62. The van der Waals surface area contributed by atoms with Gasteiger partial charge in [-0.3, -0.25) is 0 Å². The van der Waals surface area contributed by atoms with Crippen molar-refractivity contribution in [2.75, 3.05) is 6.61 Å². The molecule has 212 valence electrons. The first kappa shape index (κ1) is 30.6. The molecule has 1 heterocycles. The van der Waals surface area contributed by atoms with Crippen LogP contribution in [0.1, 0.15) is 50.6 Å². The molecule has 0 amide bonds. The van der Waals surface area contributed by atoms with Crippen LogP contribution in [-0.4, -0.2) is 67.4 Å². The summed E-state index contributed by atoms with van der Waals surface area (Å²) < 4.78 is 26.3. The summed E-state index contributed by atoms with van der Waals surface area (Å²) in [6.07, 6.45) is -2.18. The molecule has 0 spiro atoms. The summed E-state index contributed by atoms with van der Waals surface area (Å²) in [6, 6.07) is 15.5. The first-order chi connectivity index (χ1) is 18.9. The molecular weight excluding hydrogens is 583 g/mol. The average Bonchev–Trinajstić information content (AvgIpc) is 3.21. The van der Waals surface area contributed by atoms with E-state index in [1.807, 2.05) is 71.5 Å². The molecule has 0 aliphatic heterocycles. The summed E-state index contributed by atoms with van der Waals surface area (Å²) in [6.45, 7) is 8.28. The Bertz CT molecular complexity index is 1440. The van der Waals surface area contributed by atoms with Gasteiger partial charge in [-0.15, -0.1) is 0 Å². The number of aryl methyl sites for hydroxylation is 2. The average molecular weight is 616 g/mol. The van der Waals surface area contributed by atoms with E-state index in [4.69, 9.17) is 18.9 Å². The fraction of sp³-hybridized carbons (Fsp3) is 0.345. The van der Waals surface area contributed by atoms with Crippen LogP contribution >= 0.6 is 0 Å². The fourth-order valence-electron chi connectivity index (χ4n) is 4.12. The van der Waals surface area contributed by atoms with E-state index in [9.17, 15) is 19.2 Å². The summed E-state index contributed by atoms with van der Waals surface area (Å²) in [7, 11) is 0. The van der Waals surface area contributed by atoms with Crippen LogP contribution in [0.2, 0.25) is 0 Å². The number of esters is 4. The van der Waals surface area contributed by atoms with Crippen LogP contribution in [0.3, 0.4) is 0 Å². The van der Waals surface area contributed by atoms with Gasteiger partial charge < -0.3 is 0 Å². The van der Waals surface area contributed by atoms with Crippen molar-refractivity contribution in [1.29, 1.82) is 0 Å². The third-order valence-electron chi connectivity index (χ3n) is 5.84. The Kier molecular flexibility index (Phi) is 10.3. The summed E-state index contributed by atoms with van der Waals surface area (Å²) in [5.74, 6) is -2.72. The van der Waals surface area contributed by atoms with Gasteiger partial charge in [-0.05, 0) is 0 Å². The molecule has 0 saturated carbocycles. The number of nitrogens with zero attached hydrogens (tertiary/aromatic N) is 2. The second-order valence-corrected chi connectivity index (χ2v) is 10.0. The topological polar surface area (TPSA) is 115 Å². The molecule has 0 radical (unpaired) electrons. The molecule has 10 nitrogen and oxygen atoms in total. The number of carbonyl (C=O) groups excluding carboxylic acids is 4. The van der Waals surface area contributed by atoms with Crippen LogP contribution in [0.5, 0.6) is 0 Å². The van der Waals surface area contributed by atoms with Gasteiger partial charge in [-0.2, -0.15) is 0 Å². The van der Waals surface area contributed by atoms with Crippen LogP contribution in [0, 0.1) is 18.2 Å². The summed E-state index contributed by atoms with van der Waals surface area (Å²) in [5.41, 5.74) is 4.05. The number of ether oxygens (including phenoxy) is 4. The van der Waals surface area contributed by atoms with Crippen molar-refractivity contribution in [2.45, 2.75) is 59.9 Å². The molecule has 0 bridgehead atoms. The Balaban J connectivity index is 2.31. The predicted molar refractivity (Wildman–Crippen MR) is 146 cm³/mol.